The number of fused-ring (bicyclic) bond motifs is 1. The SMILES string of the molecule is CCN(CC)CCCCCOc1c(-c2ccc(OCC=C(C)C)cc2)oc2cc(OCC=C(C)C)cc(O)c2c1=O. The highest BCUT2D eigenvalue weighted by molar-refractivity contribution is 5.88. The first-order valence-corrected chi connectivity index (χ1v) is 14.5. The summed E-state index contributed by atoms with van der Waals surface area (Å²) in [5, 5.41) is 10.9. The van der Waals surface area contributed by atoms with Gasteiger partial charge in [0.05, 0.1) is 6.61 Å². The molecular weight excluding hydrogens is 518 g/mol. The minimum absolute atomic E-state index is 0.0709. The molecule has 1 aromatic heterocycles. The number of hydrogen-bond acceptors (Lipinski definition) is 7. The Labute approximate surface area is 244 Å². The van der Waals surface area contributed by atoms with Gasteiger partial charge in [-0.15, -0.1) is 0 Å². The lowest BCUT2D eigenvalue weighted by Gasteiger charge is -2.17. The molecule has 0 saturated carbocycles. The minimum Gasteiger partial charge on any atom is -0.507 e. The molecule has 0 aliphatic heterocycles. The maximum atomic E-state index is 13.7. The van der Waals surface area contributed by atoms with E-state index >= 15 is 0 Å². The van der Waals surface area contributed by atoms with Gasteiger partial charge in [0, 0.05) is 17.7 Å². The van der Waals surface area contributed by atoms with E-state index in [-0.39, 0.29) is 22.5 Å². The van der Waals surface area contributed by atoms with E-state index < -0.39 is 5.43 Å². The topological polar surface area (TPSA) is 81.4 Å². The Bertz CT molecular complexity index is 1380. The van der Waals surface area contributed by atoms with Gasteiger partial charge in [-0.05, 0) is 103 Å². The number of hydrogen-bond donors (Lipinski definition) is 1. The summed E-state index contributed by atoms with van der Waals surface area (Å²) in [5.41, 5.74) is 2.79. The largest absolute Gasteiger partial charge is 0.507 e. The average molecular weight is 564 g/mol. The molecule has 3 rings (SSSR count). The zero-order chi connectivity index (χ0) is 29.8. The Morgan fingerprint density at radius 2 is 1.49 bits per heavy atom. The molecule has 0 saturated heterocycles. The lowest BCUT2D eigenvalue weighted by atomic mass is 10.1. The maximum absolute atomic E-state index is 13.7. The Morgan fingerprint density at radius 3 is 2.10 bits per heavy atom. The predicted molar refractivity (Wildman–Crippen MR) is 167 cm³/mol. The van der Waals surface area contributed by atoms with Crippen molar-refractivity contribution in [3.05, 3.63) is 69.9 Å². The molecule has 0 amide bonds. The van der Waals surface area contributed by atoms with Crippen molar-refractivity contribution < 1.29 is 23.7 Å². The first kappa shape index (κ1) is 31.8. The van der Waals surface area contributed by atoms with Crippen LogP contribution in [-0.2, 0) is 0 Å². The Hall–Kier alpha value is -3.71. The number of rotatable bonds is 16. The van der Waals surface area contributed by atoms with Crippen LogP contribution >= 0.6 is 0 Å². The fourth-order valence-corrected chi connectivity index (χ4v) is 4.30. The summed E-state index contributed by atoms with van der Waals surface area (Å²) < 4.78 is 23.9. The number of aromatic hydroxyl groups is 1. The molecule has 0 aliphatic rings. The van der Waals surface area contributed by atoms with Crippen molar-refractivity contribution in [1.82, 2.24) is 4.90 Å². The average Bonchev–Trinajstić information content (AvgIpc) is 2.93. The second-order valence-electron chi connectivity index (χ2n) is 10.6. The van der Waals surface area contributed by atoms with Crippen molar-refractivity contribution in [3.8, 4) is 34.3 Å². The first-order chi connectivity index (χ1) is 19.7. The Balaban J connectivity index is 1.91. The van der Waals surface area contributed by atoms with Crippen LogP contribution in [0.3, 0.4) is 0 Å². The Morgan fingerprint density at radius 1 is 0.854 bits per heavy atom. The summed E-state index contributed by atoms with van der Waals surface area (Å²) in [6, 6.07) is 10.4. The highest BCUT2D eigenvalue weighted by Gasteiger charge is 2.21. The zero-order valence-electron chi connectivity index (χ0n) is 25.4. The first-order valence-electron chi connectivity index (χ1n) is 14.5. The van der Waals surface area contributed by atoms with Crippen LogP contribution in [0, 0.1) is 0 Å². The van der Waals surface area contributed by atoms with Crippen LogP contribution in [-0.4, -0.2) is 49.5 Å². The van der Waals surface area contributed by atoms with Crippen LogP contribution in [0.5, 0.6) is 23.0 Å². The van der Waals surface area contributed by atoms with E-state index in [4.69, 9.17) is 18.6 Å². The molecule has 0 spiro atoms. The van der Waals surface area contributed by atoms with Crippen molar-refractivity contribution in [2.45, 2.75) is 60.8 Å². The van der Waals surface area contributed by atoms with Crippen LogP contribution in [0.25, 0.3) is 22.3 Å². The van der Waals surface area contributed by atoms with Gasteiger partial charge in [0.15, 0.2) is 5.76 Å². The van der Waals surface area contributed by atoms with E-state index in [1.54, 1.807) is 6.07 Å². The van der Waals surface area contributed by atoms with E-state index in [0.717, 1.165) is 44.5 Å². The molecule has 0 radical (unpaired) electrons. The number of ether oxygens (including phenoxy) is 3. The predicted octanol–water partition coefficient (Wildman–Crippen LogP) is 7.75. The summed E-state index contributed by atoms with van der Waals surface area (Å²) in [4.78, 5) is 16.1. The second-order valence-corrected chi connectivity index (χ2v) is 10.6. The third kappa shape index (κ3) is 9.42. The fourth-order valence-electron chi connectivity index (χ4n) is 4.30. The van der Waals surface area contributed by atoms with Gasteiger partial charge < -0.3 is 28.6 Å². The van der Waals surface area contributed by atoms with Gasteiger partial charge in [-0.25, -0.2) is 0 Å². The van der Waals surface area contributed by atoms with Gasteiger partial charge in [-0.3, -0.25) is 4.79 Å². The lowest BCUT2D eigenvalue weighted by Crippen LogP contribution is -2.24. The third-order valence-corrected chi connectivity index (χ3v) is 6.77. The molecule has 0 aliphatic carbocycles. The standard InChI is InChI=1S/C34H45NO6/c1-7-35(8-2)18-10-9-11-19-40-34-32(37)31-29(36)22-28(39-21-17-25(5)6)23-30(31)41-33(34)26-12-14-27(15-13-26)38-20-16-24(3)4/h12-17,22-23,36H,7-11,18-21H2,1-6H3. The maximum Gasteiger partial charge on any atom is 0.239 e. The molecule has 222 valence electrons. The second kappa shape index (κ2) is 15.9. The van der Waals surface area contributed by atoms with Crippen molar-refractivity contribution in [2.24, 2.45) is 0 Å². The summed E-state index contributed by atoms with van der Waals surface area (Å²) >= 11 is 0. The molecule has 1 N–H and O–H groups in total. The van der Waals surface area contributed by atoms with Crippen LogP contribution in [0.4, 0.5) is 0 Å². The lowest BCUT2D eigenvalue weighted by molar-refractivity contribution is 0.274. The molecule has 0 unspecified atom stereocenters. The monoisotopic (exact) mass is 563 g/mol. The summed E-state index contributed by atoms with van der Waals surface area (Å²) in [7, 11) is 0. The molecule has 41 heavy (non-hydrogen) atoms. The van der Waals surface area contributed by atoms with Crippen molar-refractivity contribution >= 4 is 11.0 Å². The zero-order valence-corrected chi connectivity index (χ0v) is 25.4. The van der Waals surface area contributed by atoms with Crippen LogP contribution in [0.1, 0.15) is 60.8 Å². The van der Waals surface area contributed by atoms with Crippen LogP contribution in [0.2, 0.25) is 0 Å². The van der Waals surface area contributed by atoms with Gasteiger partial charge in [0.1, 0.15) is 41.4 Å². The smallest absolute Gasteiger partial charge is 0.239 e. The summed E-state index contributed by atoms with van der Waals surface area (Å²) in [6.45, 7) is 16.7. The van der Waals surface area contributed by atoms with Crippen molar-refractivity contribution in [2.75, 3.05) is 39.5 Å². The van der Waals surface area contributed by atoms with E-state index in [1.165, 1.54) is 11.6 Å². The van der Waals surface area contributed by atoms with Gasteiger partial charge in [-0.2, -0.15) is 0 Å². The molecule has 1 heterocycles. The molecule has 3 aromatic rings. The Kier molecular flexibility index (Phi) is 12.3. The van der Waals surface area contributed by atoms with Gasteiger partial charge in [0.2, 0.25) is 11.2 Å². The fraction of sp³-hybridized carbons (Fsp3) is 0.441. The normalized spacial score (nSPS) is 11.0. The quantitative estimate of drug-likeness (QED) is 0.141. The molecule has 7 nitrogen and oxygen atoms in total. The molecule has 2 aromatic carbocycles. The molecule has 0 atom stereocenters. The molecule has 0 bridgehead atoms. The number of nitrogens with zero attached hydrogens (tertiary/aromatic N) is 1. The summed E-state index contributed by atoms with van der Waals surface area (Å²) in [5.74, 6) is 1.31. The number of phenolic OH excluding ortho intramolecular Hbond substituents is 1. The van der Waals surface area contributed by atoms with E-state index in [9.17, 15) is 9.90 Å². The number of unbranched alkanes of at least 4 members (excludes halogenated alkanes) is 2. The van der Waals surface area contributed by atoms with Gasteiger partial charge in [0.25, 0.3) is 0 Å². The molecule has 0 fully saturated rings. The molecular formula is C34H45NO6. The highest BCUT2D eigenvalue weighted by Crippen LogP contribution is 2.36. The number of phenols is 1. The van der Waals surface area contributed by atoms with Crippen LogP contribution in [0.15, 0.2) is 68.9 Å². The van der Waals surface area contributed by atoms with Gasteiger partial charge in [-0.1, -0.05) is 25.0 Å². The van der Waals surface area contributed by atoms with Crippen molar-refractivity contribution in [1.29, 1.82) is 0 Å². The summed E-state index contributed by atoms with van der Waals surface area (Å²) in [6.07, 6.45) is 6.80. The molecule has 7 heteroatoms. The van der Waals surface area contributed by atoms with Gasteiger partial charge >= 0.3 is 0 Å². The van der Waals surface area contributed by atoms with Crippen LogP contribution < -0.4 is 19.6 Å². The van der Waals surface area contributed by atoms with E-state index in [2.05, 4.69) is 18.7 Å². The third-order valence-electron chi connectivity index (χ3n) is 6.77. The number of benzene rings is 2. The van der Waals surface area contributed by atoms with E-state index in [0.29, 0.717) is 42.6 Å². The number of allylic oxidation sites excluding steroid dienone is 2. The van der Waals surface area contributed by atoms with E-state index in [1.807, 2.05) is 64.1 Å². The highest BCUT2D eigenvalue weighted by atomic mass is 16.5. The minimum atomic E-state index is -0.415. The van der Waals surface area contributed by atoms with Crippen molar-refractivity contribution in [3.63, 3.8) is 0 Å².